The first-order valence-electron chi connectivity index (χ1n) is 6.99. The fourth-order valence-corrected chi connectivity index (χ4v) is 2.51. The fourth-order valence-electron chi connectivity index (χ4n) is 2.51. The van der Waals surface area contributed by atoms with Crippen LogP contribution in [0.15, 0.2) is 12.4 Å². The largest absolute Gasteiger partial charge is 0.481 e. The van der Waals surface area contributed by atoms with Gasteiger partial charge in [-0.2, -0.15) is 0 Å². The molecule has 0 aromatic carbocycles. The minimum atomic E-state index is -0.668. The van der Waals surface area contributed by atoms with Gasteiger partial charge in [-0.05, 0) is 37.7 Å². The number of aromatic nitrogens is 2. The summed E-state index contributed by atoms with van der Waals surface area (Å²) in [5.74, 6) is -0.192. The lowest BCUT2D eigenvalue weighted by atomic mass is 9.86. The Bertz CT molecular complexity index is 411. The SMILES string of the molecule is CCCc1cnc(NC2CCC(C(=O)O)CC2)nc1. The maximum atomic E-state index is 10.9. The average molecular weight is 263 g/mol. The molecule has 0 aliphatic heterocycles. The summed E-state index contributed by atoms with van der Waals surface area (Å²) in [6, 6.07) is 0.299. The number of hydrogen-bond acceptors (Lipinski definition) is 4. The van der Waals surface area contributed by atoms with Gasteiger partial charge in [0.1, 0.15) is 0 Å². The normalized spacial score (nSPS) is 23.0. The van der Waals surface area contributed by atoms with Crippen molar-refractivity contribution >= 4 is 11.9 Å². The zero-order valence-electron chi connectivity index (χ0n) is 11.3. The molecule has 1 fully saturated rings. The number of carbonyl (C=O) groups is 1. The lowest BCUT2D eigenvalue weighted by Crippen LogP contribution is -2.29. The highest BCUT2D eigenvalue weighted by molar-refractivity contribution is 5.70. The number of nitrogens with one attached hydrogen (secondary N) is 1. The molecule has 5 heteroatoms. The molecule has 5 nitrogen and oxygen atoms in total. The van der Waals surface area contributed by atoms with Crippen molar-refractivity contribution in [2.45, 2.75) is 51.5 Å². The number of carboxylic acid groups (broad SMARTS) is 1. The summed E-state index contributed by atoms with van der Waals surface area (Å²) >= 11 is 0. The minimum absolute atomic E-state index is 0.175. The van der Waals surface area contributed by atoms with E-state index in [9.17, 15) is 4.79 Å². The Hall–Kier alpha value is -1.65. The fraction of sp³-hybridized carbons (Fsp3) is 0.643. The third-order valence-electron chi connectivity index (χ3n) is 3.65. The summed E-state index contributed by atoms with van der Waals surface area (Å²) in [4.78, 5) is 19.5. The molecule has 1 heterocycles. The minimum Gasteiger partial charge on any atom is -0.481 e. The molecule has 1 aliphatic rings. The predicted octanol–water partition coefficient (Wildman–Crippen LogP) is 2.48. The molecule has 0 bridgehead atoms. The van der Waals surface area contributed by atoms with Crippen LogP contribution in [0.5, 0.6) is 0 Å². The Balaban J connectivity index is 1.83. The van der Waals surface area contributed by atoms with Gasteiger partial charge < -0.3 is 10.4 Å². The standard InChI is InChI=1S/C14H21N3O2/c1-2-3-10-8-15-14(16-9-10)17-12-6-4-11(5-7-12)13(18)19/h8-9,11-12H,2-7H2,1H3,(H,18,19)(H,15,16,17). The Kier molecular flexibility index (Phi) is 4.71. The molecule has 2 rings (SSSR count). The monoisotopic (exact) mass is 263 g/mol. The lowest BCUT2D eigenvalue weighted by Gasteiger charge is -2.26. The molecular weight excluding hydrogens is 242 g/mol. The van der Waals surface area contributed by atoms with Crippen molar-refractivity contribution in [2.75, 3.05) is 5.32 Å². The first kappa shape index (κ1) is 13.8. The van der Waals surface area contributed by atoms with Gasteiger partial charge in [0, 0.05) is 18.4 Å². The smallest absolute Gasteiger partial charge is 0.306 e. The molecule has 19 heavy (non-hydrogen) atoms. The van der Waals surface area contributed by atoms with Gasteiger partial charge in [-0.3, -0.25) is 4.79 Å². The molecule has 1 aromatic rings. The van der Waals surface area contributed by atoms with Crippen LogP contribution in [0.25, 0.3) is 0 Å². The molecule has 0 unspecified atom stereocenters. The van der Waals surface area contributed by atoms with Gasteiger partial charge in [-0.15, -0.1) is 0 Å². The van der Waals surface area contributed by atoms with Crippen LogP contribution in [0.1, 0.15) is 44.6 Å². The number of rotatable bonds is 5. The van der Waals surface area contributed by atoms with E-state index in [1.807, 2.05) is 12.4 Å². The highest BCUT2D eigenvalue weighted by atomic mass is 16.4. The Labute approximate surface area is 113 Å². The third kappa shape index (κ3) is 3.91. The maximum absolute atomic E-state index is 10.9. The quantitative estimate of drug-likeness (QED) is 0.853. The number of aliphatic carboxylic acids is 1. The molecule has 0 amide bonds. The zero-order chi connectivity index (χ0) is 13.7. The number of aryl methyl sites for hydroxylation is 1. The van der Waals surface area contributed by atoms with Crippen molar-refractivity contribution in [3.63, 3.8) is 0 Å². The van der Waals surface area contributed by atoms with Gasteiger partial charge in [0.05, 0.1) is 5.92 Å². The third-order valence-corrected chi connectivity index (χ3v) is 3.65. The summed E-state index contributed by atoms with van der Waals surface area (Å²) < 4.78 is 0. The van der Waals surface area contributed by atoms with Gasteiger partial charge in [-0.25, -0.2) is 9.97 Å². The van der Waals surface area contributed by atoms with Crippen LogP contribution in [-0.2, 0) is 11.2 Å². The Morgan fingerprint density at radius 3 is 2.47 bits per heavy atom. The first-order valence-corrected chi connectivity index (χ1v) is 6.99. The van der Waals surface area contributed by atoms with Crippen LogP contribution in [0.3, 0.4) is 0 Å². The lowest BCUT2D eigenvalue weighted by molar-refractivity contribution is -0.142. The van der Waals surface area contributed by atoms with Crippen molar-refractivity contribution in [3.05, 3.63) is 18.0 Å². The van der Waals surface area contributed by atoms with Crippen LogP contribution in [0, 0.1) is 5.92 Å². The molecule has 1 saturated carbocycles. The number of anilines is 1. The number of carboxylic acids is 1. The van der Waals surface area contributed by atoms with Crippen molar-refractivity contribution in [2.24, 2.45) is 5.92 Å². The second-order valence-electron chi connectivity index (χ2n) is 5.20. The second kappa shape index (κ2) is 6.50. The molecular formula is C14H21N3O2. The first-order chi connectivity index (χ1) is 9.19. The molecule has 2 N–H and O–H groups in total. The van der Waals surface area contributed by atoms with Gasteiger partial charge >= 0.3 is 5.97 Å². The van der Waals surface area contributed by atoms with Crippen molar-refractivity contribution in [1.29, 1.82) is 0 Å². The summed E-state index contributed by atoms with van der Waals surface area (Å²) in [6.45, 7) is 2.13. The van der Waals surface area contributed by atoms with E-state index in [-0.39, 0.29) is 5.92 Å². The predicted molar refractivity (Wildman–Crippen MR) is 73.0 cm³/mol. The molecule has 0 atom stereocenters. The van der Waals surface area contributed by atoms with Crippen LogP contribution >= 0.6 is 0 Å². The second-order valence-corrected chi connectivity index (χ2v) is 5.20. The van der Waals surface area contributed by atoms with E-state index in [1.165, 1.54) is 0 Å². The Morgan fingerprint density at radius 2 is 1.95 bits per heavy atom. The van der Waals surface area contributed by atoms with E-state index in [0.29, 0.717) is 12.0 Å². The van der Waals surface area contributed by atoms with Crippen LogP contribution in [-0.4, -0.2) is 27.1 Å². The maximum Gasteiger partial charge on any atom is 0.306 e. The van der Waals surface area contributed by atoms with E-state index in [0.717, 1.165) is 44.1 Å². The van der Waals surface area contributed by atoms with E-state index < -0.39 is 5.97 Å². The molecule has 0 radical (unpaired) electrons. The molecule has 104 valence electrons. The van der Waals surface area contributed by atoms with Crippen molar-refractivity contribution in [1.82, 2.24) is 9.97 Å². The van der Waals surface area contributed by atoms with E-state index >= 15 is 0 Å². The summed E-state index contributed by atoms with van der Waals surface area (Å²) in [5, 5.41) is 12.2. The van der Waals surface area contributed by atoms with Crippen LogP contribution in [0.4, 0.5) is 5.95 Å². The molecule has 0 saturated heterocycles. The number of hydrogen-bond donors (Lipinski definition) is 2. The van der Waals surface area contributed by atoms with Gasteiger partial charge in [0.25, 0.3) is 0 Å². The van der Waals surface area contributed by atoms with Crippen molar-refractivity contribution < 1.29 is 9.90 Å². The summed E-state index contributed by atoms with van der Waals surface area (Å²) in [7, 11) is 0. The van der Waals surface area contributed by atoms with E-state index in [4.69, 9.17) is 5.11 Å². The van der Waals surface area contributed by atoms with Crippen LogP contribution in [0.2, 0.25) is 0 Å². The summed E-state index contributed by atoms with van der Waals surface area (Å²) in [5.41, 5.74) is 1.16. The van der Waals surface area contributed by atoms with Crippen molar-refractivity contribution in [3.8, 4) is 0 Å². The van der Waals surface area contributed by atoms with E-state index in [1.54, 1.807) is 0 Å². The zero-order valence-corrected chi connectivity index (χ0v) is 11.3. The highest BCUT2D eigenvalue weighted by Gasteiger charge is 2.26. The summed E-state index contributed by atoms with van der Waals surface area (Å²) in [6.07, 6.45) is 9.04. The molecule has 1 aromatic heterocycles. The highest BCUT2D eigenvalue weighted by Crippen LogP contribution is 2.25. The number of nitrogens with zero attached hydrogens (tertiary/aromatic N) is 2. The van der Waals surface area contributed by atoms with E-state index in [2.05, 4.69) is 22.2 Å². The van der Waals surface area contributed by atoms with Crippen LogP contribution < -0.4 is 5.32 Å². The molecule has 0 spiro atoms. The van der Waals surface area contributed by atoms with Gasteiger partial charge in [-0.1, -0.05) is 13.3 Å². The topological polar surface area (TPSA) is 75.1 Å². The molecule has 1 aliphatic carbocycles. The van der Waals surface area contributed by atoms with Gasteiger partial charge in [0.2, 0.25) is 5.95 Å². The van der Waals surface area contributed by atoms with Gasteiger partial charge in [0.15, 0.2) is 0 Å². The Morgan fingerprint density at radius 1 is 1.32 bits per heavy atom. The average Bonchev–Trinajstić information content (AvgIpc) is 2.42.